The molecule has 0 saturated heterocycles. The molecule has 28 heavy (non-hydrogen) atoms. The van der Waals surface area contributed by atoms with Crippen LogP contribution in [0.5, 0.6) is 5.75 Å². The fraction of sp³-hybridized carbons (Fsp3) is 0.238. The van der Waals surface area contributed by atoms with Gasteiger partial charge in [-0.1, -0.05) is 12.1 Å². The molecule has 0 fully saturated rings. The highest BCUT2D eigenvalue weighted by molar-refractivity contribution is 5.99. The third-order valence-corrected chi connectivity index (χ3v) is 5.22. The zero-order valence-corrected chi connectivity index (χ0v) is 15.4. The van der Waals surface area contributed by atoms with Crippen LogP contribution in [0, 0.1) is 0 Å². The summed E-state index contributed by atoms with van der Waals surface area (Å²) >= 11 is 0. The number of aromatic nitrogens is 4. The number of fused-ring (bicyclic) bond motifs is 1. The highest BCUT2D eigenvalue weighted by Gasteiger charge is 2.37. The number of Topliss-reactive ketones (excluding diaryl/α,β-unsaturated/α-hetero) is 1. The molecule has 2 aliphatic rings. The van der Waals surface area contributed by atoms with Crippen LogP contribution in [0.4, 0.5) is 5.95 Å². The molecule has 0 saturated carbocycles. The molecule has 1 aromatic carbocycles. The van der Waals surface area contributed by atoms with Gasteiger partial charge in [0.05, 0.1) is 7.11 Å². The van der Waals surface area contributed by atoms with Gasteiger partial charge < -0.3 is 10.1 Å². The van der Waals surface area contributed by atoms with E-state index in [0.29, 0.717) is 18.2 Å². The molecule has 3 aromatic rings. The predicted octanol–water partition coefficient (Wildman–Crippen LogP) is 3.37. The maximum Gasteiger partial charge on any atom is 0.226 e. The van der Waals surface area contributed by atoms with Crippen molar-refractivity contribution in [3.05, 3.63) is 65.6 Å². The van der Waals surface area contributed by atoms with Crippen molar-refractivity contribution < 1.29 is 9.53 Å². The molecule has 1 atom stereocenters. The third kappa shape index (κ3) is 2.67. The van der Waals surface area contributed by atoms with Crippen molar-refractivity contribution in [1.29, 1.82) is 0 Å². The van der Waals surface area contributed by atoms with E-state index in [2.05, 4.69) is 10.3 Å². The lowest BCUT2D eigenvalue weighted by atomic mass is 9.85. The Bertz CT molecular complexity index is 1090. The number of methoxy groups -OCH3 is 1. The van der Waals surface area contributed by atoms with E-state index in [1.54, 1.807) is 19.5 Å². The second kappa shape index (κ2) is 6.60. The van der Waals surface area contributed by atoms with Crippen molar-refractivity contribution in [3.8, 4) is 17.1 Å². The maximum absolute atomic E-state index is 12.9. The van der Waals surface area contributed by atoms with Crippen LogP contribution in [-0.2, 0) is 4.79 Å². The van der Waals surface area contributed by atoms with Crippen molar-refractivity contribution in [2.75, 3.05) is 12.4 Å². The molecule has 7 nitrogen and oxygen atoms in total. The number of pyridine rings is 1. The topological polar surface area (TPSA) is 81.9 Å². The molecule has 1 aliphatic heterocycles. The number of allylic oxidation sites excluding steroid dienone is 2. The fourth-order valence-electron chi connectivity index (χ4n) is 3.90. The van der Waals surface area contributed by atoms with Crippen molar-refractivity contribution in [1.82, 2.24) is 19.7 Å². The van der Waals surface area contributed by atoms with Crippen LogP contribution in [-0.4, -0.2) is 32.6 Å². The van der Waals surface area contributed by atoms with E-state index < -0.39 is 0 Å². The first kappa shape index (κ1) is 16.7. The van der Waals surface area contributed by atoms with Crippen LogP contribution in [0.25, 0.3) is 11.4 Å². The number of nitrogens with one attached hydrogen (secondary N) is 1. The standard InChI is InChI=1S/C21H19N5O2/c1-28-15-5-2-4-14(12-15)19-18-16(6-3-7-17(18)27)23-21-24-20(25-26(19)21)13-8-10-22-11-9-13/h2,4-5,8-12,19H,3,6-7H2,1H3,(H,23,24,25). The van der Waals surface area contributed by atoms with Crippen LogP contribution >= 0.6 is 0 Å². The predicted molar refractivity (Wildman–Crippen MR) is 104 cm³/mol. The molecule has 1 unspecified atom stereocenters. The minimum absolute atomic E-state index is 0.160. The second-order valence-electron chi connectivity index (χ2n) is 6.91. The summed E-state index contributed by atoms with van der Waals surface area (Å²) in [7, 11) is 1.64. The Hall–Kier alpha value is -3.48. The van der Waals surface area contributed by atoms with Crippen molar-refractivity contribution in [3.63, 3.8) is 0 Å². The average molecular weight is 373 g/mol. The average Bonchev–Trinajstić information content (AvgIpc) is 3.17. The number of benzene rings is 1. The SMILES string of the molecule is COc1cccc(C2C3=C(CCCC3=O)Nc3nc(-c4ccncc4)nn32)c1. The largest absolute Gasteiger partial charge is 0.497 e. The number of carbonyl (C=O) groups excluding carboxylic acids is 1. The van der Waals surface area contributed by atoms with Gasteiger partial charge in [0.1, 0.15) is 11.8 Å². The van der Waals surface area contributed by atoms with Gasteiger partial charge >= 0.3 is 0 Å². The first-order chi connectivity index (χ1) is 13.7. The molecule has 0 amide bonds. The zero-order chi connectivity index (χ0) is 19.1. The van der Waals surface area contributed by atoms with Gasteiger partial charge in [-0.2, -0.15) is 4.98 Å². The van der Waals surface area contributed by atoms with Crippen molar-refractivity contribution in [2.24, 2.45) is 0 Å². The second-order valence-corrected chi connectivity index (χ2v) is 6.91. The zero-order valence-electron chi connectivity index (χ0n) is 15.4. The Morgan fingerprint density at radius 1 is 1.18 bits per heavy atom. The summed E-state index contributed by atoms with van der Waals surface area (Å²) < 4.78 is 7.21. The van der Waals surface area contributed by atoms with Crippen molar-refractivity contribution >= 4 is 11.7 Å². The van der Waals surface area contributed by atoms with Gasteiger partial charge in [-0.15, -0.1) is 5.10 Å². The minimum atomic E-state index is -0.322. The van der Waals surface area contributed by atoms with Crippen LogP contribution in [0.15, 0.2) is 60.1 Å². The van der Waals surface area contributed by atoms with Gasteiger partial charge in [0.2, 0.25) is 5.95 Å². The highest BCUT2D eigenvalue weighted by Crippen LogP contribution is 2.41. The molecule has 2 aromatic heterocycles. The number of carbonyl (C=O) groups is 1. The number of rotatable bonds is 3. The van der Waals surface area contributed by atoms with Gasteiger partial charge in [0.25, 0.3) is 0 Å². The van der Waals surface area contributed by atoms with Gasteiger partial charge in [-0.25, -0.2) is 4.68 Å². The summed E-state index contributed by atoms with van der Waals surface area (Å²) in [6, 6.07) is 11.2. The summed E-state index contributed by atoms with van der Waals surface area (Å²) in [5.74, 6) is 2.16. The number of ether oxygens (including phenoxy) is 1. The lowest BCUT2D eigenvalue weighted by Gasteiger charge is -2.32. The lowest BCUT2D eigenvalue weighted by Crippen LogP contribution is -2.31. The molecule has 1 N–H and O–H groups in total. The first-order valence-corrected chi connectivity index (χ1v) is 9.29. The molecular weight excluding hydrogens is 354 g/mol. The van der Waals surface area contributed by atoms with Gasteiger partial charge in [-0.3, -0.25) is 9.78 Å². The van der Waals surface area contributed by atoms with Crippen LogP contribution in [0.3, 0.4) is 0 Å². The molecule has 5 rings (SSSR count). The summed E-state index contributed by atoms with van der Waals surface area (Å²) in [6.07, 6.45) is 5.67. The molecular formula is C21H19N5O2. The Morgan fingerprint density at radius 2 is 2.04 bits per heavy atom. The van der Waals surface area contributed by atoms with Crippen LogP contribution in [0.2, 0.25) is 0 Å². The first-order valence-electron chi connectivity index (χ1n) is 9.29. The van der Waals surface area contributed by atoms with E-state index in [1.165, 1.54) is 0 Å². The van der Waals surface area contributed by atoms with E-state index >= 15 is 0 Å². The maximum atomic E-state index is 12.9. The molecule has 140 valence electrons. The summed E-state index contributed by atoms with van der Waals surface area (Å²) in [6.45, 7) is 0. The van der Waals surface area contributed by atoms with Crippen molar-refractivity contribution in [2.45, 2.75) is 25.3 Å². The van der Waals surface area contributed by atoms with Gasteiger partial charge in [-0.05, 0) is 42.7 Å². The molecule has 3 heterocycles. The summed E-state index contributed by atoms with van der Waals surface area (Å²) in [4.78, 5) is 21.6. The molecule has 1 aliphatic carbocycles. The van der Waals surface area contributed by atoms with Crippen LogP contribution in [0.1, 0.15) is 30.9 Å². The number of nitrogens with zero attached hydrogens (tertiary/aromatic N) is 4. The highest BCUT2D eigenvalue weighted by atomic mass is 16.5. The number of hydrogen-bond donors (Lipinski definition) is 1. The van der Waals surface area contributed by atoms with E-state index in [-0.39, 0.29) is 11.8 Å². The van der Waals surface area contributed by atoms with Gasteiger partial charge in [0.15, 0.2) is 11.6 Å². The Morgan fingerprint density at radius 3 is 2.86 bits per heavy atom. The number of anilines is 1. The normalized spacial score (nSPS) is 18.3. The minimum Gasteiger partial charge on any atom is -0.497 e. The molecule has 0 radical (unpaired) electrons. The number of hydrogen-bond acceptors (Lipinski definition) is 6. The fourth-order valence-corrected chi connectivity index (χ4v) is 3.90. The molecule has 0 bridgehead atoms. The van der Waals surface area contributed by atoms with E-state index in [0.717, 1.165) is 41.0 Å². The monoisotopic (exact) mass is 373 g/mol. The Kier molecular flexibility index (Phi) is 3.93. The third-order valence-electron chi connectivity index (χ3n) is 5.22. The number of ketones is 1. The smallest absolute Gasteiger partial charge is 0.226 e. The van der Waals surface area contributed by atoms with E-state index in [4.69, 9.17) is 14.8 Å². The quantitative estimate of drug-likeness (QED) is 0.758. The summed E-state index contributed by atoms with van der Waals surface area (Å²) in [5.41, 5.74) is 3.56. The summed E-state index contributed by atoms with van der Waals surface area (Å²) in [5, 5.41) is 8.10. The molecule has 7 heteroatoms. The lowest BCUT2D eigenvalue weighted by molar-refractivity contribution is -0.116. The van der Waals surface area contributed by atoms with E-state index in [1.807, 2.05) is 41.1 Å². The molecule has 0 spiro atoms. The van der Waals surface area contributed by atoms with E-state index in [9.17, 15) is 4.79 Å². The Labute approximate surface area is 162 Å². The van der Waals surface area contributed by atoms with Gasteiger partial charge in [0, 0.05) is 35.6 Å². The van der Waals surface area contributed by atoms with Crippen LogP contribution < -0.4 is 10.1 Å². The Balaban J connectivity index is 1.69.